The molecule has 1 aromatic carbocycles. The minimum absolute atomic E-state index is 0.0437. The predicted molar refractivity (Wildman–Crippen MR) is 106 cm³/mol. The molecule has 27 heavy (non-hydrogen) atoms. The highest BCUT2D eigenvalue weighted by Crippen LogP contribution is 2.28. The lowest BCUT2D eigenvalue weighted by molar-refractivity contribution is -0.117. The summed E-state index contributed by atoms with van der Waals surface area (Å²) in [4.78, 5) is 35.3. The van der Waals surface area contributed by atoms with Crippen LogP contribution in [0.1, 0.15) is 11.3 Å². The third-order valence-corrected chi connectivity index (χ3v) is 5.88. The van der Waals surface area contributed by atoms with Crippen molar-refractivity contribution in [3.8, 4) is 0 Å². The molecule has 2 aliphatic heterocycles. The normalized spacial score (nSPS) is 17.1. The molecule has 142 valence electrons. The average Bonchev–Trinajstić information content (AvgIpc) is 3.29. The van der Waals surface area contributed by atoms with Gasteiger partial charge in [0.05, 0.1) is 12.1 Å². The van der Waals surface area contributed by atoms with Crippen LogP contribution >= 0.6 is 11.3 Å². The maximum atomic E-state index is 12.7. The molecule has 0 bridgehead atoms. The van der Waals surface area contributed by atoms with E-state index in [-0.39, 0.29) is 18.4 Å². The highest BCUT2D eigenvalue weighted by atomic mass is 32.1. The van der Waals surface area contributed by atoms with Gasteiger partial charge in [-0.2, -0.15) is 0 Å². The summed E-state index contributed by atoms with van der Waals surface area (Å²) < 4.78 is 0. The van der Waals surface area contributed by atoms with Gasteiger partial charge >= 0.3 is 6.03 Å². The fraction of sp³-hybridized carbons (Fsp3) is 0.421. The Kier molecular flexibility index (Phi) is 5.09. The Morgan fingerprint density at radius 3 is 2.74 bits per heavy atom. The first-order valence-corrected chi connectivity index (χ1v) is 10.1. The SMILES string of the molecule is CN1CCN(C(=O)Nc2nc(CC(=O)N3CCc4ccccc43)cs2)CC1. The van der Waals surface area contributed by atoms with Crippen LogP contribution in [0.25, 0.3) is 0 Å². The summed E-state index contributed by atoms with van der Waals surface area (Å²) in [6.07, 6.45) is 1.14. The number of likely N-dealkylation sites (N-methyl/N-ethyl adjacent to an activating group) is 1. The Hall–Kier alpha value is -2.45. The van der Waals surface area contributed by atoms with E-state index in [0.717, 1.165) is 31.7 Å². The summed E-state index contributed by atoms with van der Waals surface area (Å²) in [6, 6.07) is 7.89. The van der Waals surface area contributed by atoms with Crippen molar-refractivity contribution in [2.45, 2.75) is 12.8 Å². The number of nitrogens with zero attached hydrogens (tertiary/aromatic N) is 4. The van der Waals surface area contributed by atoms with Crippen LogP contribution in [0, 0.1) is 0 Å². The molecule has 4 rings (SSSR count). The molecule has 8 heteroatoms. The van der Waals surface area contributed by atoms with Crippen LogP contribution in [-0.4, -0.2) is 66.5 Å². The number of piperazine rings is 1. The molecule has 3 heterocycles. The standard InChI is InChI=1S/C19H23N5O2S/c1-22-8-10-23(11-9-22)19(26)21-18-20-15(13-27-18)12-17(25)24-7-6-14-4-2-3-5-16(14)24/h2-5,13H,6-12H2,1H3,(H,20,21,26). The quantitative estimate of drug-likeness (QED) is 0.878. The number of carbonyl (C=O) groups excluding carboxylic acids is 2. The molecule has 0 saturated carbocycles. The van der Waals surface area contributed by atoms with E-state index in [1.54, 1.807) is 4.90 Å². The molecular weight excluding hydrogens is 362 g/mol. The monoisotopic (exact) mass is 385 g/mol. The van der Waals surface area contributed by atoms with Crippen LogP contribution in [0.5, 0.6) is 0 Å². The van der Waals surface area contributed by atoms with Gasteiger partial charge in [-0.1, -0.05) is 18.2 Å². The van der Waals surface area contributed by atoms with Gasteiger partial charge in [0.2, 0.25) is 5.91 Å². The molecule has 3 amide bonds. The van der Waals surface area contributed by atoms with Gasteiger partial charge in [0.15, 0.2) is 5.13 Å². The molecule has 0 aliphatic carbocycles. The number of benzene rings is 1. The lowest BCUT2D eigenvalue weighted by Crippen LogP contribution is -2.48. The summed E-state index contributed by atoms with van der Waals surface area (Å²) in [5.41, 5.74) is 2.91. The number of para-hydroxylation sites is 1. The number of fused-ring (bicyclic) bond motifs is 1. The zero-order valence-corrected chi connectivity index (χ0v) is 16.2. The molecule has 1 N–H and O–H groups in total. The third-order valence-electron chi connectivity index (χ3n) is 5.08. The first-order chi connectivity index (χ1) is 13.1. The Balaban J connectivity index is 1.34. The lowest BCUT2D eigenvalue weighted by Gasteiger charge is -2.32. The van der Waals surface area contributed by atoms with Gasteiger partial charge in [-0.3, -0.25) is 10.1 Å². The molecule has 0 radical (unpaired) electrons. The van der Waals surface area contributed by atoms with Gasteiger partial charge in [0.25, 0.3) is 0 Å². The highest BCUT2D eigenvalue weighted by molar-refractivity contribution is 7.13. The molecule has 1 saturated heterocycles. The van der Waals surface area contributed by atoms with Crippen molar-refractivity contribution >= 4 is 34.1 Å². The number of hydrogen-bond acceptors (Lipinski definition) is 5. The van der Waals surface area contributed by atoms with E-state index in [0.29, 0.717) is 23.9 Å². The minimum Gasteiger partial charge on any atom is -0.322 e. The summed E-state index contributed by atoms with van der Waals surface area (Å²) in [7, 11) is 2.05. The van der Waals surface area contributed by atoms with Gasteiger partial charge in [-0.05, 0) is 25.1 Å². The molecule has 2 aliphatic rings. The smallest absolute Gasteiger partial charge is 0.322 e. The van der Waals surface area contributed by atoms with Crippen molar-refractivity contribution in [1.29, 1.82) is 0 Å². The minimum atomic E-state index is -0.121. The van der Waals surface area contributed by atoms with Crippen molar-refractivity contribution < 1.29 is 9.59 Å². The fourth-order valence-electron chi connectivity index (χ4n) is 3.47. The number of thiazole rings is 1. The average molecular weight is 385 g/mol. The number of urea groups is 1. The summed E-state index contributed by atoms with van der Waals surface area (Å²) in [5, 5.41) is 5.25. The second-order valence-corrected chi connectivity index (χ2v) is 7.82. The largest absolute Gasteiger partial charge is 0.323 e. The van der Waals surface area contributed by atoms with Crippen molar-refractivity contribution in [2.75, 3.05) is 50.0 Å². The number of aromatic nitrogens is 1. The van der Waals surface area contributed by atoms with E-state index < -0.39 is 0 Å². The Bertz CT molecular complexity index is 844. The molecule has 7 nitrogen and oxygen atoms in total. The summed E-state index contributed by atoms with van der Waals surface area (Å²) >= 11 is 1.36. The van der Waals surface area contributed by atoms with Crippen LogP contribution in [0.4, 0.5) is 15.6 Å². The maximum Gasteiger partial charge on any atom is 0.323 e. The van der Waals surface area contributed by atoms with Gasteiger partial charge in [-0.15, -0.1) is 11.3 Å². The summed E-state index contributed by atoms with van der Waals surface area (Å²) in [5.74, 6) is 0.0437. The van der Waals surface area contributed by atoms with Gasteiger partial charge in [-0.25, -0.2) is 9.78 Å². The van der Waals surface area contributed by atoms with E-state index in [1.165, 1.54) is 16.9 Å². The Labute approximate surface area is 162 Å². The van der Waals surface area contributed by atoms with Crippen LogP contribution in [-0.2, 0) is 17.6 Å². The number of rotatable bonds is 3. The lowest BCUT2D eigenvalue weighted by atomic mass is 10.2. The number of hydrogen-bond donors (Lipinski definition) is 1. The Morgan fingerprint density at radius 1 is 1.15 bits per heavy atom. The van der Waals surface area contributed by atoms with E-state index in [2.05, 4.69) is 28.3 Å². The molecule has 1 aromatic heterocycles. The summed E-state index contributed by atoms with van der Waals surface area (Å²) in [6.45, 7) is 3.90. The number of amides is 3. The first-order valence-electron chi connectivity index (χ1n) is 9.17. The molecule has 0 atom stereocenters. The molecule has 0 spiro atoms. The van der Waals surface area contributed by atoms with Crippen molar-refractivity contribution in [1.82, 2.24) is 14.8 Å². The van der Waals surface area contributed by atoms with Crippen molar-refractivity contribution in [3.05, 3.63) is 40.9 Å². The zero-order chi connectivity index (χ0) is 18.8. The van der Waals surface area contributed by atoms with Crippen LogP contribution < -0.4 is 10.2 Å². The molecular formula is C19H23N5O2S. The fourth-order valence-corrected chi connectivity index (χ4v) is 4.17. The van der Waals surface area contributed by atoms with Crippen LogP contribution in [0.15, 0.2) is 29.6 Å². The number of carbonyl (C=O) groups is 2. The molecule has 0 unspecified atom stereocenters. The van der Waals surface area contributed by atoms with Crippen molar-refractivity contribution in [2.24, 2.45) is 0 Å². The molecule has 2 aromatic rings. The van der Waals surface area contributed by atoms with Crippen LogP contribution in [0.2, 0.25) is 0 Å². The van der Waals surface area contributed by atoms with Crippen molar-refractivity contribution in [3.63, 3.8) is 0 Å². The molecule has 1 fully saturated rings. The second kappa shape index (κ2) is 7.66. The highest BCUT2D eigenvalue weighted by Gasteiger charge is 2.25. The maximum absolute atomic E-state index is 12.7. The van der Waals surface area contributed by atoms with E-state index in [4.69, 9.17) is 0 Å². The van der Waals surface area contributed by atoms with E-state index >= 15 is 0 Å². The zero-order valence-electron chi connectivity index (χ0n) is 15.4. The number of nitrogens with one attached hydrogen (secondary N) is 1. The van der Waals surface area contributed by atoms with Gasteiger partial charge in [0.1, 0.15) is 0 Å². The number of anilines is 2. The Morgan fingerprint density at radius 2 is 1.93 bits per heavy atom. The second-order valence-electron chi connectivity index (χ2n) is 6.97. The van der Waals surface area contributed by atoms with Gasteiger partial charge in [0, 0.05) is 43.8 Å². The van der Waals surface area contributed by atoms with E-state index in [1.807, 2.05) is 28.5 Å². The van der Waals surface area contributed by atoms with Gasteiger partial charge < -0.3 is 14.7 Å². The van der Waals surface area contributed by atoms with Crippen LogP contribution in [0.3, 0.4) is 0 Å². The first kappa shape index (κ1) is 17.9. The topological polar surface area (TPSA) is 68.8 Å². The van der Waals surface area contributed by atoms with E-state index in [9.17, 15) is 9.59 Å². The predicted octanol–water partition coefficient (Wildman–Crippen LogP) is 2.05. The third kappa shape index (κ3) is 3.96.